The molecule has 25 heavy (non-hydrogen) atoms. The number of benzene rings is 2. The van der Waals surface area contributed by atoms with Gasteiger partial charge in [0.15, 0.2) is 17.3 Å². The molecule has 1 aliphatic carbocycles. The SMILES string of the molecule is O=C1CC(CC(C(=O)c2ccccc2)C(=O)c2ccccc2)CC1Cl. The van der Waals surface area contributed by atoms with Gasteiger partial charge in [-0.15, -0.1) is 11.6 Å². The van der Waals surface area contributed by atoms with Gasteiger partial charge in [-0.25, -0.2) is 0 Å². The first-order chi connectivity index (χ1) is 12.1. The van der Waals surface area contributed by atoms with Crippen LogP contribution in [0.5, 0.6) is 0 Å². The predicted octanol–water partition coefficient (Wildman–Crippen LogP) is 4.35. The van der Waals surface area contributed by atoms with Crippen LogP contribution < -0.4 is 0 Å². The number of Topliss-reactive ketones (excluding diaryl/α,β-unsaturated/α-hetero) is 3. The molecule has 1 aliphatic rings. The van der Waals surface area contributed by atoms with Gasteiger partial charge in [0.2, 0.25) is 0 Å². The number of alkyl halides is 1. The van der Waals surface area contributed by atoms with E-state index in [1.54, 1.807) is 48.5 Å². The Balaban J connectivity index is 1.87. The van der Waals surface area contributed by atoms with Crippen LogP contribution in [0.2, 0.25) is 0 Å². The number of ketones is 3. The minimum Gasteiger partial charge on any atom is -0.298 e. The van der Waals surface area contributed by atoms with Gasteiger partial charge in [0.1, 0.15) is 0 Å². The fraction of sp³-hybridized carbons (Fsp3) is 0.286. The molecule has 1 saturated carbocycles. The molecule has 0 bridgehead atoms. The van der Waals surface area contributed by atoms with E-state index in [1.165, 1.54) is 0 Å². The molecule has 2 aromatic rings. The van der Waals surface area contributed by atoms with Gasteiger partial charge in [0.25, 0.3) is 0 Å². The molecule has 0 radical (unpaired) electrons. The topological polar surface area (TPSA) is 51.2 Å². The molecule has 1 fully saturated rings. The first-order valence-electron chi connectivity index (χ1n) is 8.41. The van der Waals surface area contributed by atoms with Crippen molar-refractivity contribution in [3.63, 3.8) is 0 Å². The average Bonchev–Trinajstić information content (AvgIpc) is 2.97. The smallest absolute Gasteiger partial charge is 0.173 e. The number of rotatable bonds is 6. The van der Waals surface area contributed by atoms with E-state index in [9.17, 15) is 14.4 Å². The molecule has 2 unspecified atom stereocenters. The minimum atomic E-state index is -0.787. The van der Waals surface area contributed by atoms with E-state index >= 15 is 0 Å². The third kappa shape index (κ3) is 4.05. The van der Waals surface area contributed by atoms with Crippen LogP contribution in [0.15, 0.2) is 60.7 Å². The molecule has 0 heterocycles. The summed E-state index contributed by atoms with van der Waals surface area (Å²) in [5.41, 5.74) is 1.03. The van der Waals surface area contributed by atoms with Gasteiger partial charge in [0.05, 0.1) is 11.3 Å². The van der Waals surface area contributed by atoms with E-state index in [0.29, 0.717) is 30.4 Å². The number of carbonyl (C=O) groups excluding carboxylic acids is 3. The Morgan fingerprint density at radius 1 is 0.920 bits per heavy atom. The minimum absolute atomic E-state index is 0.00439. The van der Waals surface area contributed by atoms with Crippen molar-refractivity contribution in [3.8, 4) is 0 Å². The molecule has 3 rings (SSSR count). The lowest BCUT2D eigenvalue weighted by molar-refractivity contribution is -0.117. The Labute approximate surface area is 152 Å². The molecule has 0 saturated heterocycles. The standard InChI is InChI=1S/C21H19ClO3/c22-18-12-14(13-19(18)23)11-17(20(24)15-7-3-1-4-8-15)21(25)16-9-5-2-6-10-16/h1-10,14,17-18H,11-13H2. The van der Waals surface area contributed by atoms with E-state index in [0.717, 1.165) is 0 Å². The molecule has 0 spiro atoms. The van der Waals surface area contributed by atoms with E-state index in [2.05, 4.69) is 0 Å². The summed E-state index contributed by atoms with van der Waals surface area (Å²) >= 11 is 6.01. The molecular formula is C21H19ClO3. The summed E-state index contributed by atoms with van der Waals surface area (Å²) in [5.74, 6) is -1.20. The summed E-state index contributed by atoms with van der Waals surface area (Å²) in [6.45, 7) is 0. The maximum atomic E-state index is 13.0. The molecule has 4 heteroatoms. The van der Waals surface area contributed by atoms with Crippen molar-refractivity contribution >= 4 is 29.0 Å². The summed E-state index contributed by atoms with van der Waals surface area (Å²) in [4.78, 5) is 37.7. The number of halogens is 1. The maximum Gasteiger partial charge on any atom is 0.173 e. The van der Waals surface area contributed by atoms with E-state index < -0.39 is 11.3 Å². The lowest BCUT2D eigenvalue weighted by atomic mass is 9.82. The monoisotopic (exact) mass is 354 g/mol. The summed E-state index contributed by atoms with van der Waals surface area (Å²) in [6.07, 6.45) is 1.23. The van der Waals surface area contributed by atoms with Gasteiger partial charge in [-0.3, -0.25) is 14.4 Å². The Hall–Kier alpha value is -2.26. The number of hydrogen-bond acceptors (Lipinski definition) is 3. The van der Waals surface area contributed by atoms with E-state index in [-0.39, 0.29) is 23.3 Å². The second-order valence-corrected chi connectivity index (χ2v) is 7.02. The van der Waals surface area contributed by atoms with E-state index in [1.807, 2.05) is 12.1 Å². The third-order valence-corrected chi connectivity index (χ3v) is 5.12. The van der Waals surface area contributed by atoms with Gasteiger partial charge in [-0.05, 0) is 18.8 Å². The van der Waals surface area contributed by atoms with Crippen molar-refractivity contribution in [1.29, 1.82) is 0 Å². The molecule has 0 N–H and O–H groups in total. The molecule has 2 atom stereocenters. The largest absolute Gasteiger partial charge is 0.298 e. The van der Waals surface area contributed by atoms with Crippen LogP contribution in [0.1, 0.15) is 40.0 Å². The summed E-state index contributed by atoms with van der Waals surface area (Å²) in [5, 5.41) is -0.496. The Morgan fingerprint density at radius 3 is 1.80 bits per heavy atom. The van der Waals surface area contributed by atoms with Crippen molar-refractivity contribution in [2.24, 2.45) is 11.8 Å². The zero-order valence-corrected chi connectivity index (χ0v) is 14.5. The molecule has 0 aromatic heterocycles. The summed E-state index contributed by atoms with van der Waals surface area (Å²) in [7, 11) is 0. The zero-order chi connectivity index (χ0) is 17.8. The quantitative estimate of drug-likeness (QED) is 0.440. The van der Waals surface area contributed by atoms with Gasteiger partial charge < -0.3 is 0 Å². The van der Waals surface area contributed by atoms with E-state index in [4.69, 9.17) is 11.6 Å². The zero-order valence-electron chi connectivity index (χ0n) is 13.7. The first-order valence-corrected chi connectivity index (χ1v) is 8.85. The number of carbonyl (C=O) groups is 3. The molecule has 128 valence electrons. The maximum absolute atomic E-state index is 13.0. The molecular weight excluding hydrogens is 336 g/mol. The van der Waals surface area contributed by atoms with Crippen LogP contribution in [0.3, 0.4) is 0 Å². The van der Waals surface area contributed by atoms with Crippen LogP contribution in [0.25, 0.3) is 0 Å². The van der Waals surface area contributed by atoms with Gasteiger partial charge >= 0.3 is 0 Å². The normalized spacial score (nSPS) is 20.0. The summed E-state index contributed by atoms with van der Waals surface area (Å²) < 4.78 is 0. The van der Waals surface area contributed by atoms with Gasteiger partial charge in [-0.1, -0.05) is 60.7 Å². The van der Waals surface area contributed by atoms with Gasteiger partial charge in [0, 0.05) is 17.5 Å². The Morgan fingerprint density at radius 2 is 1.40 bits per heavy atom. The first kappa shape index (κ1) is 17.6. The lowest BCUT2D eigenvalue weighted by Crippen LogP contribution is -2.26. The fourth-order valence-corrected chi connectivity index (χ4v) is 3.71. The number of hydrogen-bond donors (Lipinski definition) is 0. The third-order valence-electron chi connectivity index (χ3n) is 4.70. The highest BCUT2D eigenvalue weighted by Gasteiger charge is 2.37. The van der Waals surface area contributed by atoms with Crippen LogP contribution in [-0.2, 0) is 4.79 Å². The second kappa shape index (κ2) is 7.75. The Bertz CT molecular complexity index is 719. The molecule has 3 nitrogen and oxygen atoms in total. The van der Waals surface area contributed by atoms with Crippen molar-refractivity contribution in [2.75, 3.05) is 0 Å². The highest BCUT2D eigenvalue weighted by Crippen LogP contribution is 2.33. The van der Waals surface area contributed by atoms with Crippen molar-refractivity contribution in [1.82, 2.24) is 0 Å². The summed E-state index contributed by atoms with van der Waals surface area (Å²) in [6, 6.07) is 17.7. The highest BCUT2D eigenvalue weighted by atomic mass is 35.5. The molecule has 2 aromatic carbocycles. The van der Waals surface area contributed by atoms with Crippen molar-refractivity contribution in [3.05, 3.63) is 71.8 Å². The second-order valence-electron chi connectivity index (χ2n) is 6.49. The molecule has 0 aliphatic heterocycles. The van der Waals surface area contributed by atoms with Gasteiger partial charge in [-0.2, -0.15) is 0 Å². The van der Waals surface area contributed by atoms with Crippen LogP contribution >= 0.6 is 11.6 Å². The average molecular weight is 355 g/mol. The highest BCUT2D eigenvalue weighted by molar-refractivity contribution is 6.31. The van der Waals surface area contributed by atoms with Crippen molar-refractivity contribution in [2.45, 2.75) is 24.6 Å². The fourth-order valence-electron chi connectivity index (χ4n) is 3.37. The van der Waals surface area contributed by atoms with Crippen LogP contribution in [0.4, 0.5) is 0 Å². The van der Waals surface area contributed by atoms with Crippen molar-refractivity contribution < 1.29 is 14.4 Å². The lowest BCUT2D eigenvalue weighted by Gasteiger charge is -2.18. The predicted molar refractivity (Wildman–Crippen MR) is 97.0 cm³/mol. The van der Waals surface area contributed by atoms with Crippen LogP contribution in [-0.4, -0.2) is 22.7 Å². The Kier molecular flexibility index (Phi) is 5.44. The molecule has 0 amide bonds. The van der Waals surface area contributed by atoms with Crippen LogP contribution in [0, 0.1) is 11.8 Å².